The molecule has 0 radical (unpaired) electrons. The van der Waals surface area contributed by atoms with Gasteiger partial charge >= 0.3 is 0 Å². The fourth-order valence-corrected chi connectivity index (χ4v) is 4.68. The Morgan fingerprint density at radius 3 is 2.67 bits per heavy atom. The minimum Gasteiger partial charge on any atom is -0.369 e. The van der Waals surface area contributed by atoms with E-state index < -0.39 is 10.0 Å². The quantitative estimate of drug-likeness (QED) is 0.657. The van der Waals surface area contributed by atoms with Gasteiger partial charge in [-0.05, 0) is 48.7 Å². The zero-order valence-electron chi connectivity index (χ0n) is 14.8. The summed E-state index contributed by atoms with van der Waals surface area (Å²) in [7, 11) is -3.54. The topological polar surface area (TPSA) is 76.6 Å². The van der Waals surface area contributed by atoms with Gasteiger partial charge in [0.05, 0.1) is 11.5 Å². The van der Waals surface area contributed by atoms with Crippen LogP contribution in [0, 0.1) is 0 Å². The van der Waals surface area contributed by atoms with Crippen molar-refractivity contribution in [3.8, 4) is 0 Å². The number of ether oxygens (including phenoxy) is 1. The van der Waals surface area contributed by atoms with Gasteiger partial charge in [0.1, 0.15) is 6.61 Å². The first-order valence-electron chi connectivity index (χ1n) is 8.78. The van der Waals surface area contributed by atoms with Gasteiger partial charge in [-0.15, -0.1) is 0 Å². The number of rotatable bonds is 7. The predicted molar refractivity (Wildman–Crippen MR) is 102 cm³/mol. The van der Waals surface area contributed by atoms with E-state index in [9.17, 15) is 13.2 Å². The van der Waals surface area contributed by atoms with Crippen LogP contribution in [0.2, 0.25) is 5.02 Å². The normalized spacial score (nSPS) is 15.6. The number of aromatic nitrogens is 1. The van der Waals surface area contributed by atoms with Gasteiger partial charge in [-0.25, -0.2) is 8.42 Å². The van der Waals surface area contributed by atoms with E-state index in [1.807, 2.05) is 0 Å². The molecule has 1 fully saturated rings. The molecule has 2 aromatic rings. The molecule has 1 aliphatic heterocycles. The van der Waals surface area contributed by atoms with E-state index >= 15 is 0 Å². The number of benzene rings is 1. The predicted octanol–water partition coefficient (Wildman–Crippen LogP) is 3.31. The second-order valence-electron chi connectivity index (χ2n) is 6.38. The zero-order valence-corrected chi connectivity index (χ0v) is 16.4. The van der Waals surface area contributed by atoms with Gasteiger partial charge in [-0.2, -0.15) is 4.31 Å². The van der Waals surface area contributed by atoms with Crippen LogP contribution in [0.15, 0.2) is 47.6 Å². The third-order valence-electron chi connectivity index (χ3n) is 4.44. The fraction of sp³-hybridized carbons (Fsp3) is 0.368. The molecule has 3 rings (SSSR count). The maximum absolute atomic E-state index is 12.8. The molecule has 144 valence electrons. The Balaban J connectivity index is 1.67. The van der Waals surface area contributed by atoms with Gasteiger partial charge in [0.25, 0.3) is 0 Å². The average molecular weight is 409 g/mol. The second-order valence-corrected chi connectivity index (χ2v) is 8.72. The lowest BCUT2D eigenvalue weighted by Gasteiger charge is -2.26. The monoisotopic (exact) mass is 408 g/mol. The van der Waals surface area contributed by atoms with Crippen molar-refractivity contribution < 1.29 is 17.9 Å². The van der Waals surface area contributed by atoms with Crippen LogP contribution >= 0.6 is 11.6 Å². The summed E-state index contributed by atoms with van der Waals surface area (Å²) in [6, 6.07) is 7.94. The third kappa shape index (κ3) is 4.93. The Hall–Kier alpha value is -1.80. The van der Waals surface area contributed by atoms with E-state index in [1.54, 1.807) is 24.4 Å². The number of carbonyl (C=O) groups is 1. The molecule has 0 bridgehead atoms. The molecule has 6 nitrogen and oxygen atoms in total. The molecular weight excluding hydrogens is 388 g/mol. The van der Waals surface area contributed by atoms with E-state index in [0.29, 0.717) is 29.2 Å². The fourth-order valence-electron chi connectivity index (χ4n) is 2.94. The Morgan fingerprint density at radius 2 is 1.96 bits per heavy atom. The second kappa shape index (κ2) is 8.93. The highest BCUT2D eigenvalue weighted by atomic mass is 35.5. The van der Waals surface area contributed by atoms with Gasteiger partial charge < -0.3 is 4.74 Å². The van der Waals surface area contributed by atoms with Crippen molar-refractivity contribution >= 4 is 27.4 Å². The zero-order chi connectivity index (χ0) is 19.3. The van der Waals surface area contributed by atoms with Gasteiger partial charge in [-0.1, -0.05) is 18.0 Å². The van der Waals surface area contributed by atoms with E-state index in [0.717, 1.165) is 19.3 Å². The molecule has 1 aromatic heterocycles. The number of carbonyl (C=O) groups excluding carboxylic acids is 1. The van der Waals surface area contributed by atoms with Gasteiger partial charge in [-0.3, -0.25) is 9.78 Å². The van der Waals surface area contributed by atoms with Crippen molar-refractivity contribution in [2.24, 2.45) is 0 Å². The van der Waals surface area contributed by atoms with Crippen LogP contribution in [0.25, 0.3) is 0 Å². The standard InChI is InChI=1S/C19H21ClN2O4S/c20-18-7-6-17(27(24,25)22-9-2-1-3-10-22)11-16(18)13-26-14-19(23)15-5-4-8-21-12-15/h4-8,11-12H,1-3,9-10,13-14H2. The molecule has 8 heteroatoms. The number of hydrogen-bond acceptors (Lipinski definition) is 5. The summed E-state index contributed by atoms with van der Waals surface area (Å²) in [4.78, 5) is 16.2. The van der Waals surface area contributed by atoms with Crippen LogP contribution in [0.5, 0.6) is 0 Å². The van der Waals surface area contributed by atoms with Crippen molar-refractivity contribution in [2.75, 3.05) is 19.7 Å². The van der Waals surface area contributed by atoms with Gasteiger partial charge in [0, 0.05) is 36.1 Å². The summed E-state index contributed by atoms with van der Waals surface area (Å²) in [5.41, 5.74) is 0.999. The molecule has 1 aromatic carbocycles. The van der Waals surface area contributed by atoms with Crippen LogP contribution in [0.4, 0.5) is 0 Å². The Kier molecular flexibility index (Phi) is 6.59. The first-order valence-corrected chi connectivity index (χ1v) is 10.6. The summed E-state index contributed by atoms with van der Waals surface area (Å²) in [6.45, 7) is 0.992. The number of hydrogen-bond donors (Lipinski definition) is 0. The van der Waals surface area contributed by atoms with Gasteiger partial charge in [0.2, 0.25) is 10.0 Å². The Morgan fingerprint density at radius 1 is 1.19 bits per heavy atom. The lowest BCUT2D eigenvalue weighted by Crippen LogP contribution is -2.35. The summed E-state index contributed by atoms with van der Waals surface area (Å²) in [5.74, 6) is -0.198. The third-order valence-corrected chi connectivity index (χ3v) is 6.71. The molecule has 1 aliphatic rings. The highest BCUT2D eigenvalue weighted by Crippen LogP contribution is 2.25. The van der Waals surface area contributed by atoms with Crippen LogP contribution in [0.3, 0.4) is 0 Å². The molecular formula is C19H21ClN2O4S. The van der Waals surface area contributed by atoms with Crippen molar-refractivity contribution in [3.05, 3.63) is 58.9 Å². The lowest BCUT2D eigenvalue weighted by molar-refractivity contribution is 0.0726. The number of halogens is 1. The van der Waals surface area contributed by atoms with Crippen molar-refractivity contribution in [2.45, 2.75) is 30.8 Å². The number of Topliss-reactive ketones (excluding diaryl/α,β-unsaturated/α-hetero) is 1. The van der Waals surface area contributed by atoms with Crippen LogP contribution in [-0.2, 0) is 21.4 Å². The Bertz CT molecular complexity index is 897. The summed E-state index contributed by atoms with van der Waals surface area (Å²) in [5, 5.41) is 0.404. The maximum Gasteiger partial charge on any atom is 0.243 e. The summed E-state index contributed by atoms with van der Waals surface area (Å²) >= 11 is 6.18. The first kappa shape index (κ1) is 19.9. The first-order chi connectivity index (χ1) is 13.0. The lowest BCUT2D eigenvalue weighted by atomic mass is 10.2. The van der Waals surface area contributed by atoms with Crippen LogP contribution in [0.1, 0.15) is 35.2 Å². The molecule has 0 spiro atoms. The molecule has 0 atom stereocenters. The smallest absolute Gasteiger partial charge is 0.243 e. The number of nitrogens with zero attached hydrogens (tertiary/aromatic N) is 2. The number of piperidine rings is 1. The van der Waals surface area contributed by atoms with E-state index in [-0.39, 0.29) is 23.9 Å². The highest BCUT2D eigenvalue weighted by Gasteiger charge is 2.26. The molecule has 0 unspecified atom stereocenters. The average Bonchev–Trinajstić information content (AvgIpc) is 2.70. The molecule has 1 saturated heterocycles. The molecule has 0 saturated carbocycles. The Labute approximate surface area is 164 Å². The highest BCUT2D eigenvalue weighted by molar-refractivity contribution is 7.89. The minimum absolute atomic E-state index is 0.0498. The van der Waals surface area contributed by atoms with Crippen molar-refractivity contribution in [1.29, 1.82) is 0 Å². The number of ketones is 1. The van der Waals surface area contributed by atoms with E-state index in [2.05, 4.69) is 4.98 Å². The van der Waals surface area contributed by atoms with Crippen LogP contribution in [-0.4, -0.2) is 43.2 Å². The summed E-state index contributed by atoms with van der Waals surface area (Å²) < 4.78 is 32.6. The number of pyridine rings is 1. The van der Waals surface area contributed by atoms with Crippen LogP contribution < -0.4 is 0 Å². The molecule has 27 heavy (non-hydrogen) atoms. The largest absolute Gasteiger partial charge is 0.369 e. The van der Waals surface area contributed by atoms with Crippen molar-refractivity contribution in [1.82, 2.24) is 9.29 Å². The molecule has 0 aliphatic carbocycles. The molecule has 0 N–H and O–H groups in total. The van der Waals surface area contributed by atoms with Crippen molar-refractivity contribution in [3.63, 3.8) is 0 Å². The van der Waals surface area contributed by atoms with Gasteiger partial charge in [0.15, 0.2) is 5.78 Å². The minimum atomic E-state index is -3.54. The van der Waals surface area contributed by atoms with E-state index in [1.165, 1.54) is 22.6 Å². The SMILES string of the molecule is O=C(COCc1cc(S(=O)(=O)N2CCCCC2)ccc1Cl)c1cccnc1. The number of sulfonamides is 1. The summed E-state index contributed by atoms with van der Waals surface area (Å²) in [6.07, 6.45) is 5.87. The molecule has 0 amide bonds. The maximum atomic E-state index is 12.8. The van der Waals surface area contributed by atoms with E-state index in [4.69, 9.17) is 16.3 Å². The molecule has 2 heterocycles.